The summed E-state index contributed by atoms with van der Waals surface area (Å²) in [6, 6.07) is 9.28. The summed E-state index contributed by atoms with van der Waals surface area (Å²) in [6.07, 6.45) is 0. The van der Waals surface area contributed by atoms with E-state index in [1.165, 1.54) is 18.7 Å². The number of hydrogen-bond donors (Lipinski definition) is 2. The molecule has 0 saturated carbocycles. The molecule has 1 heterocycles. The lowest BCUT2D eigenvalue weighted by atomic mass is 10.1. The van der Waals surface area contributed by atoms with Crippen LogP contribution in [0.3, 0.4) is 0 Å². The Bertz CT molecular complexity index is 696. The predicted octanol–water partition coefficient (Wildman–Crippen LogP) is 2.78. The fourth-order valence-electron chi connectivity index (χ4n) is 2.03. The van der Waals surface area contributed by atoms with E-state index in [4.69, 9.17) is 0 Å². The summed E-state index contributed by atoms with van der Waals surface area (Å²) < 4.78 is 0. The first-order valence-electron chi connectivity index (χ1n) is 7.04. The van der Waals surface area contributed by atoms with Gasteiger partial charge >= 0.3 is 0 Å². The van der Waals surface area contributed by atoms with Crippen molar-refractivity contribution in [3.63, 3.8) is 0 Å². The van der Waals surface area contributed by atoms with Crippen molar-refractivity contribution < 1.29 is 9.59 Å². The minimum Gasteiger partial charge on any atom is -0.325 e. The summed E-state index contributed by atoms with van der Waals surface area (Å²) in [5.74, 6) is 0.322. The van der Waals surface area contributed by atoms with Crippen molar-refractivity contribution >= 4 is 35.1 Å². The van der Waals surface area contributed by atoms with Crippen LogP contribution in [0.1, 0.15) is 18.1 Å². The van der Waals surface area contributed by atoms with E-state index in [0.29, 0.717) is 10.8 Å². The van der Waals surface area contributed by atoms with E-state index in [1.54, 1.807) is 12.1 Å². The van der Waals surface area contributed by atoms with Gasteiger partial charge in [-0.15, -0.1) is 10.2 Å². The van der Waals surface area contributed by atoms with Gasteiger partial charge in [0.25, 0.3) is 0 Å². The molecule has 0 fully saturated rings. The molecule has 0 saturated heterocycles. The first kappa shape index (κ1) is 17.0. The number of nitrogens with one attached hydrogen (secondary N) is 2. The molecule has 6 nitrogen and oxygen atoms in total. The zero-order chi connectivity index (χ0) is 16.8. The van der Waals surface area contributed by atoms with E-state index in [9.17, 15) is 9.59 Å². The van der Waals surface area contributed by atoms with Gasteiger partial charge in [0.1, 0.15) is 5.03 Å². The van der Waals surface area contributed by atoms with Gasteiger partial charge in [-0.3, -0.25) is 9.59 Å². The molecule has 0 bridgehead atoms. The number of nitrogens with zero attached hydrogens (tertiary/aromatic N) is 2. The van der Waals surface area contributed by atoms with Crippen molar-refractivity contribution in [3.05, 3.63) is 41.5 Å². The highest BCUT2D eigenvalue weighted by Crippen LogP contribution is 2.17. The summed E-state index contributed by atoms with van der Waals surface area (Å²) in [4.78, 5) is 22.9. The zero-order valence-corrected chi connectivity index (χ0v) is 14.0. The average molecular weight is 330 g/mol. The van der Waals surface area contributed by atoms with Crippen LogP contribution in [0.2, 0.25) is 0 Å². The Morgan fingerprint density at radius 1 is 1.04 bits per heavy atom. The van der Waals surface area contributed by atoms with Crippen molar-refractivity contribution in [1.29, 1.82) is 0 Å². The second-order valence-electron chi connectivity index (χ2n) is 5.15. The fourth-order valence-corrected chi connectivity index (χ4v) is 2.64. The Morgan fingerprint density at radius 2 is 1.74 bits per heavy atom. The van der Waals surface area contributed by atoms with Crippen molar-refractivity contribution in [2.24, 2.45) is 0 Å². The minimum atomic E-state index is -0.201. The molecule has 0 aliphatic rings. The Labute approximate surface area is 139 Å². The molecular weight excluding hydrogens is 312 g/mol. The third kappa shape index (κ3) is 5.71. The number of amides is 2. The maximum Gasteiger partial charge on any atom is 0.234 e. The van der Waals surface area contributed by atoms with E-state index < -0.39 is 0 Å². The molecule has 0 unspecified atom stereocenters. The minimum absolute atomic E-state index is 0.104. The molecule has 2 N–H and O–H groups in total. The van der Waals surface area contributed by atoms with Gasteiger partial charge in [0, 0.05) is 12.6 Å². The number of hydrogen-bond acceptors (Lipinski definition) is 5. The van der Waals surface area contributed by atoms with Crippen LogP contribution in [0.5, 0.6) is 0 Å². The first-order valence-corrected chi connectivity index (χ1v) is 8.03. The number of aromatic nitrogens is 2. The van der Waals surface area contributed by atoms with Gasteiger partial charge < -0.3 is 10.6 Å². The Morgan fingerprint density at radius 3 is 2.30 bits per heavy atom. The molecule has 120 valence electrons. The number of aryl methyl sites for hydroxylation is 2. The van der Waals surface area contributed by atoms with Crippen molar-refractivity contribution in [2.75, 3.05) is 16.4 Å². The summed E-state index contributed by atoms with van der Waals surface area (Å²) in [7, 11) is 0. The molecule has 2 aromatic rings. The van der Waals surface area contributed by atoms with Crippen LogP contribution in [-0.4, -0.2) is 27.8 Å². The molecule has 0 spiro atoms. The van der Waals surface area contributed by atoms with Gasteiger partial charge in [0.05, 0.1) is 5.75 Å². The van der Waals surface area contributed by atoms with Gasteiger partial charge in [0.2, 0.25) is 11.8 Å². The van der Waals surface area contributed by atoms with E-state index in [0.717, 1.165) is 16.8 Å². The number of carbonyl (C=O) groups is 2. The molecule has 1 aromatic carbocycles. The molecule has 2 amide bonds. The first-order chi connectivity index (χ1) is 10.9. The second kappa shape index (κ2) is 7.73. The summed E-state index contributed by atoms with van der Waals surface area (Å²) in [6.45, 7) is 5.38. The number of rotatable bonds is 5. The Hall–Kier alpha value is -2.41. The van der Waals surface area contributed by atoms with Crippen LogP contribution in [0.15, 0.2) is 35.4 Å². The molecular formula is C16H18N4O2S. The van der Waals surface area contributed by atoms with E-state index in [1.807, 2.05) is 26.0 Å². The third-order valence-corrected chi connectivity index (χ3v) is 3.72. The topological polar surface area (TPSA) is 84.0 Å². The quantitative estimate of drug-likeness (QED) is 0.824. The Balaban J connectivity index is 1.87. The van der Waals surface area contributed by atoms with Crippen LogP contribution >= 0.6 is 11.8 Å². The lowest BCUT2D eigenvalue weighted by molar-refractivity contribution is -0.114. The van der Waals surface area contributed by atoms with Gasteiger partial charge in [-0.25, -0.2) is 0 Å². The average Bonchev–Trinajstić information content (AvgIpc) is 2.45. The van der Waals surface area contributed by atoms with Gasteiger partial charge in [0.15, 0.2) is 5.82 Å². The summed E-state index contributed by atoms with van der Waals surface area (Å²) >= 11 is 1.29. The van der Waals surface area contributed by atoms with Crippen LogP contribution in [0.25, 0.3) is 0 Å². The van der Waals surface area contributed by atoms with E-state index in [-0.39, 0.29) is 17.6 Å². The highest BCUT2D eigenvalue weighted by atomic mass is 32.2. The summed E-state index contributed by atoms with van der Waals surface area (Å²) in [5, 5.41) is 13.9. The molecule has 2 rings (SSSR count). The van der Waals surface area contributed by atoms with Gasteiger partial charge in [-0.05, 0) is 49.2 Å². The largest absolute Gasteiger partial charge is 0.325 e. The highest BCUT2D eigenvalue weighted by molar-refractivity contribution is 7.99. The van der Waals surface area contributed by atoms with Crippen LogP contribution in [0.4, 0.5) is 11.5 Å². The van der Waals surface area contributed by atoms with Crippen LogP contribution < -0.4 is 10.6 Å². The molecule has 23 heavy (non-hydrogen) atoms. The standard InChI is InChI=1S/C16H18N4O2S/c1-10-6-11(2)8-13(7-10)18-15(22)9-23-16-5-4-14(19-20-16)17-12(3)21/h4-8H,9H2,1-3H3,(H,18,22)(H,17,19,21). The smallest absolute Gasteiger partial charge is 0.234 e. The van der Waals surface area contributed by atoms with E-state index in [2.05, 4.69) is 26.9 Å². The Kier molecular flexibility index (Phi) is 5.70. The third-order valence-electron chi connectivity index (χ3n) is 2.80. The zero-order valence-electron chi connectivity index (χ0n) is 13.2. The molecule has 0 aliphatic heterocycles. The summed E-state index contributed by atoms with van der Waals surface area (Å²) in [5.41, 5.74) is 3.00. The van der Waals surface area contributed by atoms with Crippen molar-refractivity contribution in [1.82, 2.24) is 10.2 Å². The normalized spacial score (nSPS) is 10.2. The molecule has 7 heteroatoms. The predicted molar refractivity (Wildman–Crippen MR) is 91.6 cm³/mol. The number of carbonyl (C=O) groups excluding carboxylic acids is 2. The number of thioether (sulfide) groups is 1. The van der Waals surface area contributed by atoms with Crippen LogP contribution in [0, 0.1) is 13.8 Å². The fraction of sp³-hybridized carbons (Fsp3) is 0.250. The maximum atomic E-state index is 12.0. The highest BCUT2D eigenvalue weighted by Gasteiger charge is 2.06. The number of benzene rings is 1. The second-order valence-corrected chi connectivity index (χ2v) is 6.15. The SMILES string of the molecule is CC(=O)Nc1ccc(SCC(=O)Nc2cc(C)cc(C)c2)nn1. The van der Waals surface area contributed by atoms with Crippen LogP contribution in [-0.2, 0) is 9.59 Å². The van der Waals surface area contributed by atoms with Gasteiger partial charge in [-0.2, -0.15) is 0 Å². The molecule has 0 aliphatic carbocycles. The lowest BCUT2D eigenvalue weighted by Crippen LogP contribution is -2.14. The van der Waals surface area contributed by atoms with E-state index >= 15 is 0 Å². The molecule has 0 atom stereocenters. The lowest BCUT2D eigenvalue weighted by Gasteiger charge is -2.07. The van der Waals surface area contributed by atoms with Gasteiger partial charge in [-0.1, -0.05) is 17.8 Å². The molecule has 1 aromatic heterocycles. The number of anilines is 2. The van der Waals surface area contributed by atoms with Crippen molar-refractivity contribution in [2.45, 2.75) is 25.8 Å². The maximum absolute atomic E-state index is 12.0. The van der Waals surface area contributed by atoms with Crippen molar-refractivity contribution in [3.8, 4) is 0 Å². The molecule has 0 radical (unpaired) electrons. The monoisotopic (exact) mass is 330 g/mol.